The molecule has 0 fully saturated rings. The van der Waals surface area contributed by atoms with Crippen LogP contribution in [0, 0.1) is 0 Å². The number of carbonyl (C=O) groups is 1. The first-order chi connectivity index (χ1) is 8.67. The lowest BCUT2D eigenvalue weighted by molar-refractivity contribution is -0.138. The molecule has 1 N–H and O–H groups in total. The second-order valence-corrected chi connectivity index (χ2v) is 3.44. The second-order valence-electron chi connectivity index (χ2n) is 3.44. The summed E-state index contributed by atoms with van der Waals surface area (Å²) in [6, 6.07) is 5.39. The Balaban J connectivity index is 2.67. The van der Waals surface area contributed by atoms with Gasteiger partial charge in [-0.1, -0.05) is 17.2 Å². The highest BCUT2D eigenvalue weighted by molar-refractivity contribution is 5.74. The topological polar surface area (TPSA) is 95.3 Å². The Kier molecular flexibility index (Phi) is 5.47. The average Bonchev–Trinajstić information content (AvgIpc) is 2.37. The van der Waals surface area contributed by atoms with Gasteiger partial charge < -0.3 is 9.84 Å². The molecule has 0 radical (unpaired) electrons. The lowest BCUT2D eigenvalue weighted by Gasteiger charge is -2.07. The predicted octanol–water partition coefficient (Wildman–Crippen LogP) is 2.34. The smallest absolute Gasteiger partial charge is 0.312 e. The summed E-state index contributed by atoms with van der Waals surface area (Å²) >= 11 is 0. The highest BCUT2D eigenvalue weighted by Crippen LogP contribution is 2.14. The first-order valence-electron chi connectivity index (χ1n) is 5.22. The van der Waals surface area contributed by atoms with E-state index in [4.69, 9.17) is 15.4 Å². The Hall–Kier alpha value is -2.27. The van der Waals surface area contributed by atoms with Crippen molar-refractivity contribution in [1.29, 1.82) is 0 Å². The van der Waals surface area contributed by atoms with Gasteiger partial charge in [0, 0.05) is 4.91 Å². The van der Waals surface area contributed by atoms with Gasteiger partial charge in [-0.25, -0.2) is 4.39 Å². The number of rotatable bonds is 7. The van der Waals surface area contributed by atoms with Crippen molar-refractivity contribution in [3.8, 4) is 5.75 Å². The summed E-state index contributed by atoms with van der Waals surface area (Å²) in [6.07, 6.45) is 0.1000. The Labute approximate surface area is 103 Å². The minimum absolute atomic E-state index is 0.0180. The Morgan fingerprint density at radius 1 is 1.50 bits per heavy atom. The van der Waals surface area contributed by atoms with Gasteiger partial charge in [-0.3, -0.25) is 4.79 Å². The van der Waals surface area contributed by atoms with E-state index in [1.54, 1.807) is 24.3 Å². The van der Waals surface area contributed by atoms with Crippen LogP contribution in [0.2, 0.25) is 0 Å². The molecule has 18 heavy (non-hydrogen) atoms. The van der Waals surface area contributed by atoms with Gasteiger partial charge in [0.2, 0.25) is 0 Å². The minimum atomic E-state index is -1.18. The van der Waals surface area contributed by atoms with Crippen molar-refractivity contribution in [1.82, 2.24) is 0 Å². The van der Waals surface area contributed by atoms with E-state index in [0.29, 0.717) is 11.3 Å². The number of carboxylic acids is 1. The molecule has 1 unspecified atom stereocenters. The number of nitrogens with zero attached hydrogens (tertiary/aromatic N) is 3. The molecule has 0 aliphatic heterocycles. The number of azide groups is 1. The van der Waals surface area contributed by atoms with E-state index in [9.17, 15) is 9.18 Å². The van der Waals surface area contributed by atoms with E-state index in [-0.39, 0.29) is 13.0 Å². The molecule has 1 rings (SSSR count). The van der Waals surface area contributed by atoms with E-state index >= 15 is 0 Å². The molecule has 0 bridgehead atoms. The Morgan fingerprint density at radius 2 is 2.17 bits per heavy atom. The van der Waals surface area contributed by atoms with Crippen LogP contribution in [0.15, 0.2) is 29.4 Å². The first-order valence-corrected chi connectivity index (χ1v) is 5.22. The molecule has 96 valence electrons. The monoisotopic (exact) mass is 253 g/mol. The van der Waals surface area contributed by atoms with Crippen molar-refractivity contribution >= 4 is 5.97 Å². The fraction of sp³-hybridized carbons (Fsp3) is 0.364. The van der Waals surface area contributed by atoms with Crippen LogP contribution < -0.4 is 4.74 Å². The van der Waals surface area contributed by atoms with Crippen LogP contribution >= 0.6 is 0 Å². The fourth-order valence-electron chi connectivity index (χ4n) is 1.34. The third-order valence-electron chi connectivity index (χ3n) is 2.17. The SMILES string of the molecule is [N-]=[N+]=NC(Cc1ccc(OCCF)cc1)C(=O)O. The maximum absolute atomic E-state index is 11.9. The summed E-state index contributed by atoms with van der Waals surface area (Å²) in [5.74, 6) is -0.669. The number of hydrogen-bond acceptors (Lipinski definition) is 3. The minimum Gasteiger partial charge on any atom is -0.491 e. The number of carboxylic acid groups (broad SMARTS) is 1. The average molecular weight is 253 g/mol. The van der Waals surface area contributed by atoms with Crippen LogP contribution in [0.4, 0.5) is 4.39 Å². The van der Waals surface area contributed by atoms with Crippen molar-refractivity contribution in [2.45, 2.75) is 12.5 Å². The maximum atomic E-state index is 11.9. The number of ether oxygens (including phenoxy) is 1. The summed E-state index contributed by atoms with van der Waals surface area (Å²) in [4.78, 5) is 13.3. The van der Waals surface area contributed by atoms with Crippen molar-refractivity contribution < 1.29 is 19.0 Å². The molecule has 6 nitrogen and oxygen atoms in total. The van der Waals surface area contributed by atoms with E-state index in [1.807, 2.05) is 0 Å². The van der Waals surface area contributed by atoms with Crippen molar-refractivity contribution in [2.75, 3.05) is 13.3 Å². The summed E-state index contributed by atoms with van der Waals surface area (Å²) in [6.45, 7) is -0.588. The molecule has 0 saturated carbocycles. The summed E-state index contributed by atoms with van der Waals surface area (Å²) in [7, 11) is 0. The molecule has 7 heteroatoms. The third-order valence-corrected chi connectivity index (χ3v) is 2.17. The van der Waals surface area contributed by atoms with Gasteiger partial charge in [0.25, 0.3) is 0 Å². The van der Waals surface area contributed by atoms with Gasteiger partial charge in [-0.2, -0.15) is 0 Å². The van der Waals surface area contributed by atoms with Crippen LogP contribution in [-0.4, -0.2) is 30.4 Å². The molecule has 1 atom stereocenters. The van der Waals surface area contributed by atoms with Crippen molar-refractivity contribution in [3.63, 3.8) is 0 Å². The third kappa shape index (κ3) is 4.31. The molecule has 0 aliphatic carbocycles. The maximum Gasteiger partial charge on any atom is 0.312 e. The van der Waals surface area contributed by atoms with Gasteiger partial charge in [0.15, 0.2) is 0 Å². The Bertz CT molecular complexity index is 441. The van der Waals surface area contributed by atoms with Crippen LogP contribution in [0.1, 0.15) is 5.56 Å². The normalized spacial score (nSPS) is 11.4. The number of alkyl halides is 1. The van der Waals surface area contributed by atoms with E-state index < -0.39 is 18.7 Å². The van der Waals surface area contributed by atoms with E-state index in [0.717, 1.165) is 0 Å². The largest absolute Gasteiger partial charge is 0.491 e. The van der Waals surface area contributed by atoms with E-state index in [1.165, 1.54) is 0 Å². The first kappa shape index (κ1) is 13.8. The zero-order valence-electron chi connectivity index (χ0n) is 9.49. The lowest BCUT2D eigenvalue weighted by Crippen LogP contribution is -2.19. The number of halogens is 1. The zero-order valence-corrected chi connectivity index (χ0v) is 9.49. The lowest BCUT2D eigenvalue weighted by atomic mass is 10.1. The van der Waals surface area contributed by atoms with Gasteiger partial charge in [0.1, 0.15) is 25.1 Å². The van der Waals surface area contributed by atoms with Gasteiger partial charge in [0.05, 0.1) is 0 Å². The van der Waals surface area contributed by atoms with Crippen molar-refractivity contribution in [3.05, 3.63) is 40.3 Å². The molecule has 0 aliphatic rings. The van der Waals surface area contributed by atoms with Crippen molar-refractivity contribution in [2.24, 2.45) is 5.11 Å². The number of hydrogen-bond donors (Lipinski definition) is 1. The molecular weight excluding hydrogens is 241 g/mol. The predicted molar refractivity (Wildman–Crippen MR) is 62.2 cm³/mol. The Morgan fingerprint density at radius 3 is 2.67 bits per heavy atom. The van der Waals surface area contributed by atoms with Crippen LogP contribution in [-0.2, 0) is 11.2 Å². The number of benzene rings is 1. The molecule has 0 heterocycles. The van der Waals surface area contributed by atoms with E-state index in [2.05, 4.69) is 10.0 Å². The molecule has 0 saturated heterocycles. The highest BCUT2D eigenvalue weighted by atomic mass is 19.1. The van der Waals surface area contributed by atoms with Gasteiger partial charge >= 0.3 is 5.97 Å². The highest BCUT2D eigenvalue weighted by Gasteiger charge is 2.15. The van der Waals surface area contributed by atoms with Crippen LogP contribution in [0.5, 0.6) is 5.75 Å². The standard InChI is InChI=1S/C11H12FN3O3/c12-5-6-18-9-3-1-8(2-4-9)7-10(11(16)17)14-15-13/h1-4,10H,5-7H2,(H,16,17). The number of aliphatic carboxylic acids is 1. The molecule has 0 spiro atoms. The molecule has 0 aromatic heterocycles. The summed E-state index contributed by atoms with van der Waals surface area (Å²) in [5, 5.41) is 12.0. The fourth-order valence-corrected chi connectivity index (χ4v) is 1.34. The van der Waals surface area contributed by atoms with Gasteiger partial charge in [-0.05, 0) is 29.6 Å². The van der Waals surface area contributed by atoms with Crippen LogP contribution in [0.25, 0.3) is 10.4 Å². The quantitative estimate of drug-likeness (QED) is 0.459. The molecule has 1 aromatic carbocycles. The molecule has 1 aromatic rings. The molecular formula is C11H12FN3O3. The van der Waals surface area contributed by atoms with Gasteiger partial charge in [-0.15, -0.1) is 0 Å². The summed E-state index contributed by atoms with van der Waals surface area (Å²) < 4.78 is 16.9. The second kappa shape index (κ2) is 7.13. The van der Waals surface area contributed by atoms with Crippen LogP contribution in [0.3, 0.4) is 0 Å². The molecule has 0 amide bonds. The zero-order chi connectivity index (χ0) is 13.4. The summed E-state index contributed by atoms with van der Waals surface area (Å²) in [5.41, 5.74) is 8.94.